The fraction of sp³-hybridized carbons (Fsp3) is 0.0417. The molecule has 2 heteroatoms. The number of hydrogen-bond acceptors (Lipinski definition) is 2. The van der Waals surface area contributed by atoms with Crippen LogP contribution in [0.5, 0.6) is 0 Å². The van der Waals surface area contributed by atoms with Crippen LogP contribution in [0, 0.1) is 0 Å². The van der Waals surface area contributed by atoms with E-state index >= 15 is 0 Å². The van der Waals surface area contributed by atoms with Gasteiger partial charge >= 0.3 is 0 Å². The monoisotopic (exact) mass is 639 g/mol. The molecule has 0 fully saturated rings. The predicted octanol–water partition coefficient (Wildman–Crippen LogP) is 13.7. The molecule has 0 radical (unpaired) electrons. The summed E-state index contributed by atoms with van der Waals surface area (Å²) in [4.78, 5) is 2.48. The summed E-state index contributed by atoms with van der Waals surface area (Å²) >= 11 is 0. The van der Waals surface area contributed by atoms with Crippen molar-refractivity contribution in [3.8, 4) is 22.3 Å². The molecule has 50 heavy (non-hydrogen) atoms. The van der Waals surface area contributed by atoms with Gasteiger partial charge in [0.25, 0.3) is 0 Å². The van der Waals surface area contributed by atoms with E-state index in [0.717, 1.165) is 68.1 Å². The zero-order chi connectivity index (χ0) is 33.0. The molecule has 0 spiro atoms. The molecule has 1 aliphatic rings. The normalized spacial score (nSPS) is 12.6. The first-order valence-corrected chi connectivity index (χ1v) is 17.4. The van der Waals surface area contributed by atoms with E-state index in [0.29, 0.717) is 0 Å². The van der Waals surface area contributed by atoms with E-state index in [1.54, 1.807) is 0 Å². The summed E-state index contributed by atoms with van der Waals surface area (Å²) in [5.41, 5.74) is 12.6. The molecule has 0 bridgehead atoms. The largest absolute Gasteiger partial charge is 0.455 e. The minimum Gasteiger partial charge on any atom is -0.455 e. The second-order valence-corrected chi connectivity index (χ2v) is 13.2. The molecule has 0 saturated carbocycles. The summed E-state index contributed by atoms with van der Waals surface area (Å²) in [6.07, 6.45) is 6.74. The van der Waals surface area contributed by atoms with E-state index in [1.807, 2.05) is 0 Å². The molecule has 0 atom stereocenters. The highest BCUT2D eigenvalue weighted by molar-refractivity contribution is 6.21. The zero-order valence-electron chi connectivity index (χ0n) is 27.5. The van der Waals surface area contributed by atoms with Crippen molar-refractivity contribution in [2.75, 3.05) is 4.90 Å². The minimum absolute atomic E-state index is 0.917. The van der Waals surface area contributed by atoms with Gasteiger partial charge in [0, 0.05) is 38.4 Å². The standard InChI is InChI=1S/C48H33NO/c1-3-14-32(15-4-1)33-26-28-36(29-27-33)49(45-30-35-18-7-8-19-37(35)39-20-9-10-21-40(39)45)46-31-44-43-25-13-24-38(34-16-5-2-6-17-34)47(43)50-48(44)42-23-12-11-22-41(42)46/h1-8,10-19,21-31H,9,20H2. The van der Waals surface area contributed by atoms with E-state index in [-0.39, 0.29) is 0 Å². The predicted molar refractivity (Wildman–Crippen MR) is 212 cm³/mol. The maximum Gasteiger partial charge on any atom is 0.143 e. The Morgan fingerprint density at radius 1 is 0.460 bits per heavy atom. The van der Waals surface area contributed by atoms with Crippen LogP contribution >= 0.6 is 0 Å². The molecule has 1 heterocycles. The maximum absolute atomic E-state index is 6.88. The van der Waals surface area contributed by atoms with Crippen LogP contribution < -0.4 is 4.90 Å². The number of allylic oxidation sites excluding steroid dienone is 1. The van der Waals surface area contributed by atoms with Gasteiger partial charge in [0.1, 0.15) is 11.2 Å². The van der Waals surface area contributed by atoms with Crippen LogP contribution in [-0.4, -0.2) is 0 Å². The zero-order valence-corrected chi connectivity index (χ0v) is 27.5. The summed E-state index contributed by atoms with van der Waals surface area (Å²) in [6.45, 7) is 0. The van der Waals surface area contributed by atoms with Crippen LogP contribution in [0.2, 0.25) is 0 Å². The molecule has 236 valence electrons. The lowest BCUT2D eigenvalue weighted by Gasteiger charge is -2.31. The maximum atomic E-state index is 6.88. The van der Waals surface area contributed by atoms with Crippen LogP contribution in [0.3, 0.4) is 0 Å². The van der Waals surface area contributed by atoms with Crippen molar-refractivity contribution in [2.24, 2.45) is 0 Å². The number of furan rings is 1. The average molecular weight is 640 g/mol. The Balaban J connectivity index is 1.29. The van der Waals surface area contributed by atoms with Gasteiger partial charge < -0.3 is 9.32 Å². The Kier molecular flexibility index (Phi) is 6.67. The average Bonchev–Trinajstić information content (AvgIpc) is 3.58. The van der Waals surface area contributed by atoms with Gasteiger partial charge in [0.05, 0.1) is 11.4 Å². The lowest BCUT2D eigenvalue weighted by Crippen LogP contribution is -2.14. The number of anilines is 3. The molecule has 8 aromatic carbocycles. The van der Waals surface area contributed by atoms with Crippen molar-refractivity contribution < 1.29 is 4.42 Å². The van der Waals surface area contributed by atoms with Gasteiger partial charge in [-0.3, -0.25) is 0 Å². The number of aryl methyl sites for hydroxylation is 1. The molecule has 0 aliphatic heterocycles. The molecule has 0 saturated heterocycles. The second kappa shape index (κ2) is 11.6. The van der Waals surface area contributed by atoms with Gasteiger partial charge in [-0.2, -0.15) is 0 Å². The summed E-state index contributed by atoms with van der Waals surface area (Å²) in [5.74, 6) is 0. The smallest absolute Gasteiger partial charge is 0.143 e. The Labute approximate surface area is 291 Å². The molecule has 10 rings (SSSR count). The van der Waals surface area contributed by atoms with Gasteiger partial charge in [-0.1, -0.05) is 152 Å². The molecule has 1 aliphatic carbocycles. The first-order chi connectivity index (χ1) is 24.8. The molecule has 9 aromatic rings. The van der Waals surface area contributed by atoms with E-state index < -0.39 is 0 Å². The van der Waals surface area contributed by atoms with Gasteiger partial charge in [-0.25, -0.2) is 0 Å². The molecule has 1 aromatic heterocycles. The summed E-state index contributed by atoms with van der Waals surface area (Å²) < 4.78 is 6.88. The van der Waals surface area contributed by atoms with Gasteiger partial charge in [-0.05, 0) is 70.1 Å². The van der Waals surface area contributed by atoms with Crippen molar-refractivity contribution in [1.29, 1.82) is 0 Å². The van der Waals surface area contributed by atoms with Crippen LogP contribution in [0.4, 0.5) is 17.1 Å². The number of rotatable bonds is 5. The Hall–Kier alpha value is -6.38. The van der Waals surface area contributed by atoms with E-state index in [9.17, 15) is 0 Å². The van der Waals surface area contributed by atoms with E-state index in [1.165, 1.54) is 38.7 Å². The van der Waals surface area contributed by atoms with Gasteiger partial charge in [0.15, 0.2) is 0 Å². The topological polar surface area (TPSA) is 16.4 Å². The molecular weight excluding hydrogens is 607 g/mol. The van der Waals surface area contributed by atoms with Crippen molar-refractivity contribution in [3.05, 3.63) is 181 Å². The quantitative estimate of drug-likeness (QED) is 0.186. The third-order valence-electron chi connectivity index (χ3n) is 10.3. The second-order valence-electron chi connectivity index (χ2n) is 13.2. The first-order valence-electron chi connectivity index (χ1n) is 17.4. The molecule has 0 unspecified atom stereocenters. The van der Waals surface area contributed by atoms with Crippen molar-refractivity contribution in [3.63, 3.8) is 0 Å². The number of benzene rings is 8. The van der Waals surface area contributed by atoms with Crippen molar-refractivity contribution in [1.82, 2.24) is 0 Å². The van der Waals surface area contributed by atoms with Crippen molar-refractivity contribution in [2.45, 2.75) is 12.8 Å². The lowest BCUT2D eigenvalue weighted by molar-refractivity contribution is 0.674. The Morgan fingerprint density at radius 2 is 1.10 bits per heavy atom. The minimum atomic E-state index is 0.917. The fourth-order valence-corrected chi connectivity index (χ4v) is 7.96. The van der Waals surface area contributed by atoms with Gasteiger partial charge in [-0.15, -0.1) is 0 Å². The number of hydrogen-bond donors (Lipinski definition) is 0. The summed E-state index contributed by atoms with van der Waals surface area (Å²) in [5, 5.41) is 7.08. The molecule has 0 N–H and O–H groups in total. The summed E-state index contributed by atoms with van der Waals surface area (Å²) in [7, 11) is 0. The SMILES string of the molecule is C1=Cc2c(N(c3ccc(-c4ccccc4)cc3)c3cc4c5cccc(-c6ccccc6)c5oc4c4ccccc34)cc3ccccc3c2CC1. The fourth-order valence-electron chi connectivity index (χ4n) is 7.96. The highest BCUT2D eigenvalue weighted by Gasteiger charge is 2.25. The molecule has 2 nitrogen and oxygen atoms in total. The van der Waals surface area contributed by atoms with E-state index in [4.69, 9.17) is 4.42 Å². The third-order valence-corrected chi connectivity index (χ3v) is 10.3. The van der Waals surface area contributed by atoms with Crippen LogP contribution in [0.25, 0.3) is 71.8 Å². The number of para-hydroxylation sites is 1. The van der Waals surface area contributed by atoms with Crippen LogP contribution in [-0.2, 0) is 6.42 Å². The summed E-state index contributed by atoms with van der Waals surface area (Å²) in [6, 6.07) is 59.0. The van der Waals surface area contributed by atoms with Gasteiger partial charge in [0.2, 0.25) is 0 Å². The Morgan fingerprint density at radius 3 is 1.90 bits per heavy atom. The third kappa shape index (κ3) is 4.57. The van der Waals surface area contributed by atoms with Crippen LogP contribution in [0.1, 0.15) is 17.5 Å². The lowest BCUT2D eigenvalue weighted by atomic mass is 9.89. The van der Waals surface area contributed by atoms with Crippen molar-refractivity contribution >= 4 is 66.6 Å². The first kappa shape index (κ1) is 28.6. The molecule has 0 amide bonds. The number of fused-ring (bicyclic) bond motifs is 8. The number of nitrogens with zero attached hydrogens (tertiary/aromatic N) is 1. The van der Waals surface area contributed by atoms with Crippen LogP contribution in [0.15, 0.2) is 174 Å². The highest BCUT2D eigenvalue weighted by atomic mass is 16.3. The van der Waals surface area contributed by atoms with E-state index in [2.05, 4.69) is 181 Å². The molecular formula is C48H33NO. The Bertz CT molecular complexity index is 2740. The highest BCUT2D eigenvalue weighted by Crippen LogP contribution is 2.48.